The molecule has 7 heteroatoms. The Labute approximate surface area is 125 Å². The molecule has 1 aromatic carbocycles. The smallest absolute Gasteiger partial charge is 0.240 e. The molecule has 1 atom stereocenters. The molecule has 0 fully saturated rings. The van der Waals surface area contributed by atoms with Gasteiger partial charge in [-0.15, -0.1) is 0 Å². The number of carbonyl (C=O) groups excluding carboxylic acids is 1. The Kier molecular flexibility index (Phi) is 6.34. The zero-order valence-electron chi connectivity index (χ0n) is 12.1. The van der Waals surface area contributed by atoms with Crippen LogP contribution in [0.1, 0.15) is 32.3 Å². The number of nitrogens with one attached hydrogen (secondary N) is 2. The van der Waals surface area contributed by atoms with Crippen molar-refractivity contribution < 1.29 is 13.2 Å². The number of nitrogens with zero attached hydrogens (tertiary/aromatic N) is 1. The van der Waals surface area contributed by atoms with Crippen LogP contribution in [0.2, 0.25) is 0 Å². The van der Waals surface area contributed by atoms with Crippen LogP contribution in [-0.4, -0.2) is 26.9 Å². The first-order valence-corrected chi connectivity index (χ1v) is 8.16. The molecule has 114 valence electrons. The highest BCUT2D eigenvalue weighted by Crippen LogP contribution is 2.09. The van der Waals surface area contributed by atoms with Gasteiger partial charge >= 0.3 is 0 Å². The number of benzene rings is 1. The molecular weight excluding hydrogens is 290 g/mol. The third-order valence-corrected chi connectivity index (χ3v) is 4.43. The van der Waals surface area contributed by atoms with Crippen molar-refractivity contribution in [1.29, 1.82) is 5.26 Å². The minimum atomic E-state index is -3.65. The largest absolute Gasteiger partial charge is 0.354 e. The summed E-state index contributed by atoms with van der Waals surface area (Å²) in [6.07, 6.45) is 0.905. The average molecular weight is 309 g/mol. The van der Waals surface area contributed by atoms with Crippen LogP contribution in [-0.2, 0) is 14.8 Å². The lowest BCUT2D eigenvalue weighted by Gasteiger charge is -2.11. The van der Waals surface area contributed by atoms with E-state index in [0.717, 1.165) is 6.42 Å². The normalized spacial score (nSPS) is 12.4. The Morgan fingerprint density at radius 2 is 1.95 bits per heavy atom. The standard InChI is InChI=1S/C14H19N3O3S/c1-3-11(2)17-14(18)8-9-16-21(19,20)13-6-4-12(10-15)5-7-13/h4-7,11,16H,3,8-9H2,1-2H3,(H,17,18). The number of nitriles is 1. The number of sulfonamides is 1. The van der Waals surface area contributed by atoms with E-state index in [9.17, 15) is 13.2 Å². The maximum absolute atomic E-state index is 12.0. The van der Waals surface area contributed by atoms with E-state index in [2.05, 4.69) is 10.0 Å². The van der Waals surface area contributed by atoms with Gasteiger partial charge in [0.05, 0.1) is 16.5 Å². The molecule has 21 heavy (non-hydrogen) atoms. The molecule has 0 aliphatic heterocycles. The van der Waals surface area contributed by atoms with Crippen LogP contribution in [0.25, 0.3) is 0 Å². The second-order valence-corrected chi connectivity index (χ2v) is 6.43. The van der Waals surface area contributed by atoms with Gasteiger partial charge in [-0.05, 0) is 37.6 Å². The van der Waals surface area contributed by atoms with Crippen molar-refractivity contribution >= 4 is 15.9 Å². The Hall–Kier alpha value is -1.91. The lowest BCUT2D eigenvalue weighted by molar-refractivity contribution is -0.121. The van der Waals surface area contributed by atoms with Gasteiger partial charge in [-0.25, -0.2) is 13.1 Å². The monoisotopic (exact) mass is 309 g/mol. The topological polar surface area (TPSA) is 99.1 Å². The SMILES string of the molecule is CCC(C)NC(=O)CCNS(=O)(=O)c1ccc(C#N)cc1. The van der Waals surface area contributed by atoms with E-state index >= 15 is 0 Å². The van der Waals surface area contributed by atoms with Crippen LogP contribution >= 0.6 is 0 Å². The number of amides is 1. The molecule has 0 aromatic heterocycles. The number of hydrogen-bond donors (Lipinski definition) is 2. The van der Waals surface area contributed by atoms with Gasteiger partial charge in [0, 0.05) is 19.0 Å². The van der Waals surface area contributed by atoms with Crippen LogP contribution in [0.5, 0.6) is 0 Å². The van der Waals surface area contributed by atoms with Gasteiger partial charge in [-0.2, -0.15) is 5.26 Å². The van der Waals surface area contributed by atoms with E-state index in [1.54, 1.807) is 0 Å². The Balaban J connectivity index is 2.53. The van der Waals surface area contributed by atoms with E-state index in [1.807, 2.05) is 19.9 Å². The van der Waals surface area contributed by atoms with E-state index in [-0.39, 0.29) is 29.8 Å². The zero-order chi connectivity index (χ0) is 15.9. The number of rotatable bonds is 7. The maximum Gasteiger partial charge on any atom is 0.240 e. The summed E-state index contributed by atoms with van der Waals surface area (Å²) in [7, 11) is -3.65. The summed E-state index contributed by atoms with van der Waals surface area (Å²) in [4.78, 5) is 11.6. The van der Waals surface area contributed by atoms with E-state index in [1.165, 1.54) is 24.3 Å². The zero-order valence-corrected chi connectivity index (χ0v) is 12.9. The highest BCUT2D eigenvalue weighted by Gasteiger charge is 2.14. The van der Waals surface area contributed by atoms with Crippen LogP contribution in [0, 0.1) is 11.3 Å². The summed E-state index contributed by atoms with van der Waals surface area (Å²) < 4.78 is 26.3. The first-order chi connectivity index (χ1) is 9.89. The van der Waals surface area contributed by atoms with Crippen molar-refractivity contribution in [2.45, 2.75) is 37.6 Å². The van der Waals surface area contributed by atoms with Gasteiger partial charge in [0.15, 0.2) is 0 Å². The predicted octanol–water partition coefficient (Wildman–Crippen LogP) is 1.14. The summed E-state index contributed by atoms with van der Waals surface area (Å²) in [6.45, 7) is 3.88. The number of hydrogen-bond acceptors (Lipinski definition) is 4. The van der Waals surface area contributed by atoms with Gasteiger partial charge in [0.25, 0.3) is 0 Å². The fourth-order valence-electron chi connectivity index (χ4n) is 1.54. The van der Waals surface area contributed by atoms with E-state index in [4.69, 9.17) is 5.26 Å². The van der Waals surface area contributed by atoms with Crippen molar-refractivity contribution in [3.8, 4) is 6.07 Å². The fourth-order valence-corrected chi connectivity index (χ4v) is 2.57. The van der Waals surface area contributed by atoms with Gasteiger partial charge in [0.1, 0.15) is 0 Å². The third kappa shape index (κ3) is 5.53. The maximum atomic E-state index is 12.0. The molecule has 1 rings (SSSR count). The highest BCUT2D eigenvalue weighted by molar-refractivity contribution is 7.89. The first kappa shape index (κ1) is 17.1. The van der Waals surface area contributed by atoms with Gasteiger partial charge in [0.2, 0.25) is 15.9 Å². The van der Waals surface area contributed by atoms with Gasteiger partial charge < -0.3 is 5.32 Å². The minimum absolute atomic E-state index is 0.0323. The molecule has 0 radical (unpaired) electrons. The van der Waals surface area contributed by atoms with Crippen LogP contribution in [0.3, 0.4) is 0 Å². The molecule has 0 aliphatic carbocycles. The lowest BCUT2D eigenvalue weighted by atomic mass is 10.2. The predicted molar refractivity (Wildman–Crippen MR) is 78.9 cm³/mol. The van der Waals surface area contributed by atoms with Gasteiger partial charge in [-0.1, -0.05) is 6.92 Å². The summed E-state index contributed by atoms with van der Waals surface area (Å²) in [5, 5.41) is 11.4. The molecule has 0 saturated carbocycles. The molecule has 0 bridgehead atoms. The number of carbonyl (C=O) groups is 1. The molecule has 0 aliphatic rings. The van der Waals surface area contributed by atoms with Crippen molar-refractivity contribution in [3.05, 3.63) is 29.8 Å². The summed E-state index contributed by atoms with van der Waals surface area (Å²) in [6, 6.07) is 7.59. The Morgan fingerprint density at radius 1 is 1.33 bits per heavy atom. The Morgan fingerprint density at radius 3 is 2.48 bits per heavy atom. The van der Waals surface area contributed by atoms with E-state index < -0.39 is 10.0 Å². The molecule has 1 aromatic rings. The van der Waals surface area contributed by atoms with E-state index in [0.29, 0.717) is 5.56 Å². The average Bonchev–Trinajstić information content (AvgIpc) is 2.46. The molecule has 1 amide bonds. The summed E-state index contributed by atoms with van der Waals surface area (Å²) in [5.41, 5.74) is 0.391. The van der Waals surface area contributed by atoms with Crippen molar-refractivity contribution in [1.82, 2.24) is 10.0 Å². The molecule has 0 spiro atoms. The van der Waals surface area contributed by atoms with Gasteiger partial charge in [-0.3, -0.25) is 4.79 Å². The van der Waals surface area contributed by atoms with Crippen LogP contribution in [0.15, 0.2) is 29.2 Å². The molecular formula is C14H19N3O3S. The highest BCUT2D eigenvalue weighted by atomic mass is 32.2. The molecule has 2 N–H and O–H groups in total. The second-order valence-electron chi connectivity index (χ2n) is 4.66. The Bertz CT molecular complexity index is 618. The summed E-state index contributed by atoms with van der Waals surface area (Å²) >= 11 is 0. The van der Waals surface area contributed by atoms with Crippen molar-refractivity contribution in [2.75, 3.05) is 6.54 Å². The molecule has 6 nitrogen and oxygen atoms in total. The van der Waals surface area contributed by atoms with Crippen molar-refractivity contribution in [2.24, 2.45) is 0 Å². The minimum Gasteiger partial charge on any atom is -0.354 e. The second kappa shape index (κ2) is 7.76. The first-order valence-electron chi connectivity index (χ1n) is 6.68. The summed E-state index contributed by atoms with van der Waals surface area (Å²) in [5.74, 6) is -0.188. The van der Waals surface area contributed by atoms with Crippen LogP contribution in [0.4, 0.5) is 0 Å². The van der Waals surface area contributed by atoms with Crippen molar-refractivity contribution in [3.63, 3.8) is 0 Å². The molecule has 0 heterocycles. The lowest BCUT2D eigenvalue weighted by Crippen LogP contribution is -2.35. The molecule has 1 unspecified atom stereocenters. The fraction of sp³-hybridized carbons (Fsp3) is 0.429. The van der Waals surface area contributed by atoms with Crippen LogP contribution < -0.4 is 10.0 Å². The molecule has 0 saturated heterocycles. The third-order valence-electron chi connectivity index (χ3n) is 2.96. The quantitative estimate of drug-likeness (QED) is 0.789.